The van der Waals surface area contributed by atoms with Gasteiger partial charge < -0.3 is 8.69 Å². The lowest BCUT2D eigenvalue weighted by Gasteiger charge is -2.22. The maximum Gasteiger partial charge on any atom is 0.480 e. The first-order valence-electron chi connectivity index (χ1n) is 11.7. The Kier molecular flexibility index (Phi) is 12.5. The molecule has 2 rings (SSSR count). The van der Waals surface area contributed by atoms with Crippen LogP contribution in [0.5, 0.6) is 0 Å². The number of rotatable bonds is 12. The van der Waals surface area contributed by atoms with Gasteiger partial charge in [0.05, 0.1) is 13.1 Å². The van der Waals surface area contributed by atoms with Crippen molar-refractivity contribution >= 4 is 20.0 Å². The molecule has 0 spiro atoms. The number of hydrogen-bond donors (Lipinski definition) is 0. The van der Waals surface area contributed by atoms with Crippen molar-refractivity contribution in [3.63, 3.8) is 0 Å². The molecular formula is C20H28F9N5O4S2. The van der Waals surface area contributed by atoms with E-state index in [1.165, 1.54) is 0 Å². The fraction of sp³-hybridized carbons (Fsp3) is 0.700. The monoisotopic (exact) mass is 637 g/mol. The smallest absolute Gasteiger partial charge is 0.421 e. The Hall–Kier alpha value is -2.35. The van der Waals surface area contributed by atoms with Crippen LogP contribution in [-0.2, 0) is 39.7 Å². The Labute approximate surface area is 225 Å². The van der Waals surface area contributed by atoms with E-state index in [1.807, 2.05) is 23.2 Å². The van der Waals surface area contributed by atoms with Gasteiger partial charge in [-0.05, 0) is 19.3 Å². The fourth-order valence-corrected chi connectivity index (χ4v) is 4.81. The van der Waals surface area contributed by atoms with Gasteiger partial charge in [-0.2, -0.15) is 39.5 Å². The van der Waals surface area contributed by atoms with E-state index in [0.717, 1.165) is 54.5 Å². The molecule has 0 radical (unpaired) electrons. The number of alkyl halides is 9. The predicted molar refractivity (Wildman–Crippen MR) is 124 cm³/mol. The molecule has 9 nitrogen and oxygen atoms in total. The average Bonchev–Trinajstić information content (AvgIpc) is 3.39. The minimum atomic E-state index is -6.72. The van der Waals surface area contributed by atoms with Crippen molar-refractivity contribution in [1.82, 2.24) is 14.1 Å². The van der Waals surface area contributed by atoms with Crippen molar-refractivity contribution in [2.45, 2.75) is 89.2 Å². The Morgan fingerprint density at radius 3 is 1.75 bits per heavy atom. The van der Waals surface area contributed by atoms with Crippen molar-refractivity contribution in [3.05, 3.63) is 28.9 Å². The zero-order valence-corrected chi connectivity index (χ0v) is 22.9. The van der Waals surface area contributed by atoms with Gasteiger partial charge in [-0.25, -0.2) is 31.0 Å². The molecule has 0 atom stereocenters. The van der Waals surface area contributed by atoms with E-state index in [4.69, 9.17) is 0 Å². The highest BCUT2D eigenvalue weighted by molar-refractivity contribution is 8.13. The molecule has 232 valence electrons. The zero-order chi connectivity index (χ0) is 31.0. The summed E-state index contributed by atoms with van der Waals surface area (Å²) in [5.74, 6) is 1.73. The van der Waals surface area contributed by atoms with Crippen LogP contribution in [0.3, 0.4) is 0 Å². The molecule has 0 saturated carbocycles. The van der Waals surface area contributed by atoms with Crippen LogP contribution in [-0.4, -0.2) is 48.1 Å². The SMILES string of the molecule is CCCCn1ccnc1-c1n(CCCC)cc[n+]1CCCC(F)(F)F.O=S(=O)([N-]S(=O)(=O)C(F)(F)F)C(F)(F)F. The predicted octanol–water partition coefficient (Wildman–Crippen LogP) is 5.64. The number of imidazole rings is 2. The van der Waals surface area contributed by atoms with E-state index in [0.29, 0.717) is 6.54 Å². The van der Waals surface area contributed by atoms with Gasteiger partial charge in [-0.3, -0.25) is 0 Å². The quantitative estimate of drug-likeness (QED) is 0.221. The molecule has 0 bridgehead atoms. The highest BCUT2D eigenvalue weighted by atomic mass is 32.3. The normalized spacial score (nSPS) is 13.3. The molecular weight excluding hydrogens is 609 g/mol. The van der Waals surface area contributed by atoms with Gasteiger partial charge in [0.15, 0.2) is 20.0 Å². The van der Waals surface area contributed by atoms with Crippen LogP contribution in [0.4, 0.5) is 39.5 Å². The number of sulfonamides is 2. The van der Waals surface area contributed by atoms with Gasteiger partial charge in [0.25, 0.3) is 0 Å². The Morgan fingerprint density at radius 2 is 1.30 bits per heavy atom. The number of hydrogen-bond acceptors (Lipinski definition) is 5. The van der Waals surface area contributed by atoms with E-state index in [1.54, 1.807) is 6.20 Å². The molecule has 0 aliphatic rings. The lowest BCUT2D eigenvalue weighted by atomic mass is 10.3. The van der Waals surface area contributed by atoms with Crippen molar-refractivity contribution in [3.8, 4) is 11.6 Å². The topological polar surface area (TPSA) is 109 Å². The zero-order valence-electron chi connectivity index (χ0n) is 21.3. The summed E-state index contributed by atoms with van der Waals surface area (Å²) in [5, 5.41) is 0. The first-order valence-corrected chi connectivity index (χ1v) is 14.6. The van der Waals surface area contributed by atoms with Gasteiger partial charge in [-0.1, -0.05) is 26.7 Å². The molecule has 0 N–H and O–H groups in total. The lowest BCUT2D eigenvalue weighted by Crippen LogP contribution is -2.36. The fourth-order valence-electron chi connectivity index (χ4n) is 3.10. The second-order valence-electron chi connectivity index (χ2n) is 8.29. The molecule has 0 unspecified atom stereocenters. The molecule has 0 aromatic carbocycles. The van der Waals surface area contributed by atoms with E-state index in [-0.39, 0.29) is 6.42 Å². The molecule has 2 aromatic heterocycles. The Morgan fingerprint density at radius 1 is 0.800 bits per heavy atom. The number of nitrogens with zero attached hydrogens (tertiary/aromatic N) is 5. The summed E-state index contributed by atoms with van der Waals surface area (Å²) in [6.45, 7) is 6.32. The third kappa shape index (κ3) is 10.6. The van der Waals surface area contributed by atoms with E-state index in [2.05, 4.69) is 28.0 Å². The van der Waals surface area contributed by atoms with Gasteiger partial charge >= 0.3 is 23.0 Å². The third-order valence-corrected chi connectivity index (χ3v) is 7.77. The maximum absolute atomic E-state index is 12.5. The summed E-state index contributed by atoms with van der Waals surface area (Å²) >= 11 is 0. The number of aromatic nitrogens is 4. The van der Waals surface area contributed by atoms with Crippen LogP contribution >= 0.6 is 0 Å². The minimum Gasteiger partial charge on any atom is -0.421 e. The first-order chi connectivity index (χ1) is 18.2. The lowest BCUT2D eigenvalue weighted by molar-refractivity contribution is -0.686. The highest BCUT2D eigenvalue weighted by Gasteiger charge is 2.47. The molecule has 0 aliphatic carbocycles. The maximum atomic E-state index is 12.5. The van der Waals surface area contributed by atoms with E-state index >= 15 is 0 Å². The first kappa shape index (κ1) is 35.7. The molecule has 40 heavy (non-hydrogen) atoms. The summed E-state index contributed by atoms with van der Waals surface area (Å²) in [7, 11) is -13.4. The molecule has 0 fully saturated rings. The second-order valence-corrected chi connectivity index (χ2v) is 11.7. The van der Waals surface area contributed by atoms with Crippen LogP contribution in [0.25, 0.3) is 15.8 Å². The standard InChI is InChI=1S/C18H28F3N4.C2F6NO4S2/c1-3-5-10-23-13-9-22-16(23)17-24(11-6-4-2)14-15-25(17)12-7-8-18(19,20)21;3-1(4,5)14(10,11)9-15(12,13)2(6,7)8/h9,13-15H,3-8,10-12H2,1-2H3;/q+1;-1. The number of halogens is 9. The summed E-state index contributed by atoms with van der Waals surface area (Å²) in [6, 6.07) is 0. The molecule has 2 heterocycles. The van der Waals surface area contributed by atoms with Crippen LogP contribution in [0.15, 0.2) is 24.8 Å². The van der Waals surface area contributed by atoms with Crippen LogP contribution < -0.4 is 4.57 Å². The van der Waals surface area contributed by atoms with Gasteiger partial charge in [-0.15, -0.1) is 0 Å². The summed E-state index contributed by atoms with van der Waals surface area (Å²) in [6.07, 6.45) is 6.98. The summed E-state index contributed by atoms with van der Waals surface area (Å²) in [5.41, 5.74) is -12.4. The van der Waals surface area contributed by atoms with Crippen LogP contribution in [0.2, 0.25) is 0 Å². The van der Waals surface area contributed by atoms with Gasteiger partial charge in [0, 0.05) is 25.4 Å². The molecule has 20 heteroatoms. The summed E-state index contributed by atoms with van der Waals surface area (Å²) < 4.78 is 153. The van der Waals surface area contributed by atoms with Crippen molar-refractivity contribution < 1.29 is 60.9 Å². The number of unbranched alkanes of at least 4 members (excludes halogenated alkanes) is 2. The van der Waals surface area contributed by atoms with Crippen molar-refractivity contribution in [2.75, 3.05) is 0 Å². The third-order valence-electron chi connectivity index (χ3n) is 5.03. The minimum absolute atomic E-state index is 0.0780. The van der Waals surface area contributed by atoms with Crippen LogP contribution in [0, 0.1) is 0 Å². The largest absolute Gasteiger partial charge is 0.480 e. The van der Waals surface area contributed by atoms with E-state index in [9.17, 15) is 56.3 Å². The Balaban J connectivity index is 0.000000459. The summed E-state index contributed by atoms with van der Waals surface area (Å²) in [4.78, 5) is 4.50. The Bertz CT molecular complexity index is 1240. The second kappa shape index (κ2) is 14.0. The van der Waals surface area contributed by atoms with Crippen LogP contribution in [0.1, 0.15) is 52.4 Å². The number of aryl methyl sites for hydroxylation is 3. The van der Waals surface area contributed by atoms with Crippen molar-refractivity contribution in [1.29, 1.82) is 0 Å². The highest BCUT2D eigenvalue weighted by Crippen LogP contribution is 2.36. The molecule has 0 amide bonds. The molecule has 0 aliphatic heterocycles. The molecule has 0 saturated heterocycles. The average molecular weight is 638 g/mol. The van der Waals surface area contributed by atoms with Crippen molar-refractivity contribution in [2.24, 2.45) is 0 Å². The van der Waals surface area contributed by atoms with Gasteiger partial charge in [0.2, 0.25) is 5.82 Å². The van der Waals surface area contributed by atoms with E-state index < -0.39 is 43.7 Å². The van der Waals surface area contributed by atoms with Gasteiger partial charge in [0.1, 0.15) is 12.4 Å². The molecule has 2 aromatic rings.